The molecule has 4 saturated carbocycles. The summed E-state index contributed by atoms with van der Waals surface area (Å²) in [6, 6.07) is 0. The molecular formula is C22H34O2. The van der Waals surface area contributed by atoms with E-state index in [4.69, 9.17) is 4.74 Å². The standard InChI is InChI=1S/C22H34O2/c1-4-14-8-10-17-16-9-7-15-6-5-12-22(19(23)24-22)21(15,3)18(16)11-13-20(14,17)2/h14-18H,4-13H2,1-3H3/t14-,15-,16-,17-,18-,20+,21-,22?/m0/s1. The third kappa shape index (κ3) is 1.62. The molecule has 1 saturated heterocycles. The van der Waals surface area contributed by atoms with Crippen LogP contribution in [0.3, 0.4) is 0 Å². The van der Waals surface area contributed by atoms with Crippen molar-refractivity contribution in [2.24, 2.45) is 40.4 Å². The fraction of sp³-hybridized carbons (Fsp3) is 0.955. The molecule has 24 heavy (non-hydrogen) atoms. The monoisotopic (exact) mass is 330 g/mol. The number of fused-ring (bicyclic) bond motifs is 6. The zero-order chi connectivity index (χ0) is 16.7. The van der Waals surface area contributed by atoms with Gasteiger partial charge in [0.05, 0.1) is 0 Å². The molecular weight excluding hydrogens is 296 g/mol. The number of ether oxygens (including phenoxy) is 1. The van der Waals surface area contributed by atoms with Gasteiger partial charge >= 0.3 is 5.97 Å². The maximum atomic E-state index is 12.4. The predicted molar refractivity (Wildman–Crippen MR) is 94.3 cm³/mol. The van der Waals surface area contributed by atoms with Crippen molar-refractivity contribution in [2.45, 2.75) is 90.6 Å². The van der Waals surface area contributed by atoms with E-state index in [1.54, 1.807) is 0 Å². The third-order valence-electron chi connectivity index (χ3n) is 10.1. The highest BCUT2D eigenvalue weighted by Crippen LogP contribution is 2.72. The maximum absolute atomic E-state index is 12.4. The molecule has 4 aliphatic carbocycles. The number of hydrogen-bond acceptors (Lipinski definition) is 2. The molecule has 2 heteroatoms. The minimum absolute atomic E-state index is 0.136. The van der Waals surface area contributed by atoms with Crippen LogP contribution in [0.4, 0.5) is 0 Å². The second kappa shape index (κ2) is 4.80. The largest absolute Gasteiger partial charge is 0.443 e. The van der Waals surface area contributed by atoms with E-state index in [1.807, 2.05) is 0 Å². The summed E-state index contributed by atoms with van der Waals surface area (Å²) in [5.74, 6) is 4.30. The topological polar surface area (TPSA) is 29.6 Å². The molecule has 5 fully saturated rings. The quantitative estimate of drug-likeness (QED) is 0.606. The summed E-state index contributed by atoms with van der Waals surface area (Å²) in [7, 11) is 0. The summed E-state index contributed by atoms with van der Waals surface area (Å²) in [6.45, 7) is 7.47. The van der Waals surface area contributed by atoms with E-state index in [0.717, 1.165) is 36.0 Å². The zero-order valence-corrected chi connectivity index (χ0v) is 15.8. The van der Waals surface area contributed by atoms with Gasteiger partial charge in [-0.15, -0.1) is 0 Å². The lowest BCUT2D eigenvalue weighted by atomic mass is 9.42. The van der Waals surface area contributed by atoms with Crippen LogP contribution in [0.15, 0.2) is 0 Å². The fourth-order valence-corrected chi connectivity index (χ4v) is 8.77. The molecule has 5 rings (SSSR count). The smallest absolute Gasteiger partial charge is 0.352 e. The number of rotatable bonds is 1. The van der Waals surface area contributed by atoms with Crippen LogP contribution < -0.4 is 0 Å². The Morgan fingerprint density at radius 1 is 1.00 bits per heavy atom. The molecule has 0 aromatic rings. The van der Waals surface area contributed by atoms with Gasteiger partial charge in [0, 0.05) is 5.41 Å². The lowest BCUT2D eigenvalue weighted by Gasteiger charge is -2.61. The molecule has 0 N–H and O–H groups in total. The van der Waals surface area contributed by atoms with Crippen molar-refractivity contribution < 1.29 is 9.53 Å². The summed E-state index contributed by atoms with van der Waals surface area (Å²) in [6.07, 6.45) is 13.3. The highest BCUT2D eigenvalue weighted by molar-refractivity contribution is 5.94. The van der Waals surface area contributed by atoms with Crippen LogP contribution in [0, 0.1) is 40.4 Å². The van der Waals surface area contributed by atoms with Gasteiger partial charge in [-0.3, -0.25) is 0 Å². The van der Waals surface area contributed by atoms with Crippen molar-refractivity contribution in [3.63, 3.8) is 0 Å². The summed E-state index contributed by atoms with van der Waals surface area (Å²) >= 11 is 0. The average Bonchev–Trinajstić information content (AvgIpc) is 3.08. The first-order valence-electron chi connectivity index (χ1n) is 10.7. The summed E-state index contributed by atoms with van der Waals surface area (Å²) < 4.78 is 5.81. The van der Waals surface area contributed by atoms with E-state index in [-0.39, 0.29) is 17.0 Å². The first kappa shape index (κ1) is 15.7. The van der Waals surface area contributed by atoms with Gasteiger partial charge in [0.15, 0.2) is 0 Å². The lowest BCUT2D eigenvalue weighted by molar-refractivity contribution is -0.147. The molecule has 1 heterocycles. The van der Waals surface area contributed by atoms with Crippen molar-refractivity contribution in [2.75, 3.05) is 0 Å². The number of carbonyl (C=O) groups is 1. The molecule has 0 bridgehead atoms. The molecule has 0 radical (unpaired) electrons. The Morgan fingerprint density at radius 3 is 2.50 bits per heavy atom. The summed E-state index contributed by atoms with van der Waals surface area (Å²) in [4.78, 5) is 12.4. The second-order valence-electron chi connectivity index (χ2n) is 10.3. The first-order valence-corrected chi connectivity index (χ1v) is 10.7. The van der Waals surface area contributed by atoms with Gasteiger partial charge in [0.1, 0.15) is 0 Å². The second-order valence-corrected chi connectivity index (χ2v) is 10.3. The van der Waals surface area contributed by atoms with Crippen LogP contribution in [0.2, 0.25) is 0 Å². The van der Waals surface area contributed by atoms with Crippen LogP contribution in [-0.2, 0) is 9.53 Å². The van der Waals surface area contributed by atoms with Gasteiger partial charge in [0.2, 0.25) is 5.60 Å². The van der Waals surface area contributed by atoms with Crippen molar-refractivity contribution >= 4 is 5.97 Å². The fourth-order valence-electron chi connectivity index (χ4n) is 8.77. The molecule has 5 aliphatic rings. The van der Waals surface area contributed by atoms with Crippen LogP contribution in [-0.4, -0.2) is 11.6 Å². The Kier molecular flexibility index (Phi) is 3.14. The summed E-state index contributed by atoms with van der Waals surface area (Å²) in [5.41, 5.74) is 0.349. The minimum atomic E-state index is -0.365. The molecule has 134 valence electrons. The predicted octanol–water partition coefficient (Wildman–Crippen LogP) is 5.35. The summed E-state index contributed by atoms with van der Waals surface area (Å²) in [5, 5.41) is 0. The number of hydrogen-bond donors (Lipinski definition) is 0. The Bertz CT molecular complexity index is 570. The lowest BCUT2D eigenvalue weighted by Crippen LogP contribution is -2.59. The SMILES string of the molecule is CC[C@H]1CC[C@H]2[C@@H]3CC[C@@H]4CCCC5(OC5=O)[C@]4(C)[C@H]3CC[C@]12C. The highest BCUT2D eigenvalue weighted by atomic mass is 16.7. The van der Waals surface area contributed by atoms with E-state index in [2.05, 4.69) is 20.8 Å². The average molecular weight is 331 g/mol. The number of carbonyl (C=O) groups excluding carboxylic acids is 1. The molecule has 1 unspecified atom stereocenters. The Morgan fingerprint density at radius 2 is 1.79 bits per heavy atom. The van der Waals surface area contributed by atoms with E-state index in [9.17, 15) is 4.79 Å². The van der Waals surface area contributed by atoms with Gasteiger partial charge in [0.25, 0.3) is 0 Å². The molecule has 2 nitrogen and oxygen atoms in total. The highest BCUT2D eigenvalue weighted by Gasteiger charge is 2.76. The van der Waals surface area contributed by atoms with Crippen LogP contribution in [0.1, 0.15) is 85.0 Å². The minimum Gasteiger partial charge on any atom is -0.443 e. The van der Waals surface area contributed by atoms with Crippen molar-refractivity contribution in [1.29, 1.82) is 0 Å². The Balaban J connectivity index is 1.52. The van der Waals surface area contributed by atoms with Crippen LogP contribution in [0.25, 0.3) is 0 Å². The van der Waals surface area contributed by atoms with Gasteiger partial charge in [-0.2, -0.15) is 0 Å². The molecule has 0 aromatic heterocycles. The third-order valence-corrected chi connectivity index (χ3v) is 10.1. The first-order chi connectivity index (χ1) is 11.5. The molecule has 1 aliphatic heterocycles. The Labute approximate surface area is 147 Å². The van der Waals surface area contributed by atoms with Gasteiger partial charge in [-0.05, 0) is 92.8 Å². The van der Waals surface area contributed by atoms with Crippen LogP contribution >= 0.6 is 0 Å². The molecule has 0 amide bonds. The maximum Gasteiger partial charge on any atom is 0.352 e. The molecule has 8 atom stereocenters. The Hall–Kier alpha value is -0.530. The normalized spacial score (nSPS) is 58.6. The van der Waals surface area contributed by atoms with Crippen molar-refractivity contribution in [3.05, 3.63) is 0 Å². The zero-order valence-electron chi connectivity index (χ0n) is 15.8. The van der Waals surface area contributed by atoms with E-state index >= 15 is 0 Å². The van der Waals surface area contributed by atoms with E-state index in [0.29, 0.717) is 5.41 Å². The van der Waals surface area contributed by atoms with E-state index in [1.165, 1.54) is 57.8 Å². The van der Waals surface area contributed by atoms with Crippen molar-refractivity contribution in [1.82, 2.24) is 0 Å². The van der Waals surface area contributed by atoms with Gasteiger partial charge < -0.3 is 4.74 Å². The van der Waals surface area contributed by atoms with Crippen molar-refractivity contribution in [3.8, 4) is 0 Å². The molecule has 0 aromatic carbocycles. The van der Waals surface area contributed by atoms with Crippen LogP contribution in [0.5, 0.6) is 0 Å². The van der Waals surface area contributed by atoms with Gasteiger partial charge in [-0.25, -0.2) is 4.79 Å². The molecule has 1 spiro atoms. The van der Waals surface area contributed by atoms with E-state index < -0.39 is 0 Å². The van der Waals surface area contributed by atoms with Gasteiger partial charge in [-0.1, -0.05) is 27.2 Å². The number of epoxide rings is 1.